The van der Waals surface area contributed by atoms with Gasteiger partial charge in [-0.05, 0) is 78.9 Å². The monoisotopic (exact) mass is 484 g/mol. The number of rotatable bonds is 9. The Kier molecular flexibility index (Phi) is 7.88. The van der Waals surface area contributed by atoms with Crippen molar-refractivity contribution in [3.8, 4) is 0 Å². The van der Waals surface area contributed by atoms with Gasteiger partial charge in [-0.3, -0.25) is 9.59 Å². The minimum absolute atomic E-state index is 0.0356. The zero-order chi connectivity index (χ0) is 25.4. The van der Waals surface area contributed by atoms with E-state index in [-0.39, 0.29) is 30.3 Å². The van der Waals surface area contributed by atoms with Crippen LogP contribution in [-0.4, -0.2) is 23.1 Å². The first-order valence-electron chi connectivity index (χ1n) is 14.4. The Morgan fingerprint density at radius 2 is 1.77 bits per heavy atom. The van der Waals surface area contributed by atoms with E-state index in [4.69, 9.17) is 9.84 Å². The third-order valence-corrected chi connectivity index (χ3v) is 10.6. The molecule has 7 atom stereocenters. The van der Waals surface area contributed by atoms with Gasteiger partial charge >= 0.3 is 11.9 Å². The molecule has 0 aromatic rings. The molecule has 1 N–H and O–H groups in total. The van der Waals surface area contributed by atoms with Crippen molar-refractivity contribution in [3.05, 3.63) is 23.3 Å². The third kappa shape index (κ3) is 5.27. The molecule has 196 valence electrons. The Bertz CT molecular complexity index is 869. The van der Waals surface area contributed by atoms with Gasteiger partial charge < -0.3 is 9.84 Å². The van der Waals surface area contributed by atoms with Gasteiger partial charge in [0, 0.05) is 6.42 Å². The molecule has 0 aliphatic heterocycles. The van der Waals surface area contributed by atoms with E-state index in [0.717, 1.165) is 42.9 Å². The van der Waals surface area contributed by atoms with Gasteiger partial charge in [0.1, 0.15) is 6.10 Å². The molecule has 4 aliphatic carbocycles. The number of hydrogen-bond acceptors (Lipinski definition) is 3. The molecule has 0 saturated heterocycles. The Labute approximate surface area is 213 Å². The zero-order valence-corrected chi connectivity index (χ0v) is 22.8. The standard InChI is InChI=1S/C31H48O4/c1-20(2)7-6-8-21(3)25-11-12-26-24-10-9-22-19-23(35-29(34)14-13-28(32)33)15-17-30(22,4)27(24)16-18-31(25,26)5/h9-10,20-21,23,25-27H,6-8,11-19H2,1-5H3,(H,32,33)/t21-,23+,25?,26?,27?,30+,31-/m1/s1. The van der Waals surface area contributed by atoms with Crippen LogP contribution in [0.15, 0.2) is 23.3 Å². The number of esters is 1. The maximum absolute atomic E-state index is 12.1. The van der Waals surface area contributed by atoms with E-state index < -0.39 is 5.97 Å². The Morgan fingerprint density at radius 3 is 2.49 bits per heavy atom. The Balaban J connectivity index is 1.44. The van der Waals surface area contributed by atoms with E-state index in [0.29, 0.717) is 11.3 Å². The van der Waals surface area contributed by atoms with Crippen LogP contribution >= 0.6 is 0 Å². The molecule has 4 heteroatoms. The number of carboxylic acid groups (broad SMARTS) is 1. The van der Waals surface area contributed by atoms with Gasteiger partial charge in [-0.15, -0.1) is 0 Å². The third-order valence-electron chi connectivity index (χ3n) is 10.6. The minimum atomic E-state index is -0.950. The van der Waals surface area contributed by atoms with Gasteiger partial charge in [-0.1, -0.05) is 77.2 Å². The van der Waals surface area contributed by atoms with Crippen molar-refractivity contribution in [2.75, 3.05) is 0 Å². The van der Waals surface area contributed by atoms with Gasteiger partial charge in [-0.2, -0.15) is 0 Å². The van der Waals surface area contributed by atoms with E-state index in [1.807, 2.05) is 0 Å². The number of carbonyl (C=O) groups excluding carboxylic acids is 1. The van der Waals surface area contributed by atoms with Crippen LogP contribution in [0.2, 0.25) is 0 Å². The molecule has 3 fully saturated rings. The highest BCUT2D eigenvalue weighted by Crippen LogP contribution is 2.66. The summed E-state index contributed by atoms with van der Waals surface area (Å²) in [4.78, 5) is 22.9. The van der Waals surface area contributed by atoms with E-state index >= 15 is 0 Å². The second kappa shape index (κ2) is 10.4. The summed E-state index contributed by atoms with van der Waals surface area (Å²) in [6.45, 7) is 12.3. The fourth-order valence-electron chi connectivity index (χ4n) is 8.55. The topological polar surface area (TPSA) is 63.6 Å². The molecule has 4 aliphatic rings. The number of carbonyl (C=O) groups is 2. The van der Waals surface area contributed by atoms with E-state index in [1.165, 1.54) is 50.5 Å². The van der Waals surface area contributed by atoms with Crippen LogP contribution in [0, 0.1) is 40.4 Å². The predicted molar refractivity (Wildman–Crippen MR) is 140 cm³/mol. The summed E-state index contributed by atoms with van der Waals surface area (Å²) >= 11 is 0. The molecule has 3 saturated carbocycles. The SMILES string of the molecule is CC(C)CCC[C@@H](C)C1CCC2C3=CC=C4C[C@@H](OC(=O)CCC(=O)O)CC[C@]4(C)C3CC[C@@]21C. The van der Waals surface area contributed by atoms with Gasteiger partial charge in [0.2, 0.25) is 0 Å². The molecule has 0 aromatic carbocycles. The van der Waals surface area contributed by atoms with Crippen LogP contribution in [0.5, 0.6) is 0 Å². The summed E-state index contributed by atoms with van der Waals surface area (Å²) in [5.74, 6) is 2.50. The largest absolute Gasteiger partial charge is 0.481 e. The summed E-state index contributed by atoms with van der Waals surface area (Å²) in [5.41, 5.74) is 3.78. The first kappa shape index (κ1) is 26.5. The molecule has 0 aromatic heterocycles. The van der Waals surface area contributed by atoms with Crippen molar-refractivity contribution in [2.24, 2.45) is 40.4 Å². The van der Waals surface area contributed by atoms with Crippen LogP contribution in [0.25, 0.3) is 0 Å². The highest BCUT2D eigenvalue weighted by atomic mass is 16.5. The minimum Gasteiger partial charge on any atom is -0.481 e. The van der Waals surface area contributed by atoms with Gasteiger partial charge in [0.05, 0.1) is 12.8 Å². The summed E-state index contributed by atoms with van der Waals surface area (Å²) in [6.07, 6.45) is 16.7. The van der Waals surface area contributed by atoms with Crippen molar-refractivity contribution < 1.29 is 19.4 Å². The number of hydrogen-bond donors (Lipinski definition) is 1. The maximum Gasteiger partial charge on any atom is 0.306 e. The molecule has 35 heavy (non-hydrogen) atoms. The molecule has 0 amide bonds. The molecule has 0 bridgehead atoms. The van der Waals surface area contributed by atoms with E-state index in [2.05, 4.69) is 46.8 Å². The van der Waals surface area contributed by atoms with Crippen LogP contribution in [0.1, 0.15) is 112 Å². The first-order chi connectivity index (χ1) is 16.5. The van der Waals surface area contributed by atoms with Crippen molar-refractivity contribution in [2.45, 2.75) is 118 Å². The molecule has 0 radical (unpaired) electrons. The first-order valence-corrected chi connectivity index (χ1v) is 14.4. The van der Waals surface area contributed by atoms with Gasteiger partial charge in [0.15, 0.2) is 0 Å². The lowest BCUT2D eigenvalue weighted by molar-refractivity contribution is -0.153. The summed E-state index contributed by atoms with van der Waals surface area (Å²) < 4.78 is 5.68. The van der Waals surface area contributed by atoms with Crippen molar-refractivity contribution in [3.63, 3.8) is 0 Å². The van der Waals surface area contributed by atoms with E-state index in [1.54, 1.807) is 5.57 Å². The Hall–Kier alpha value is -1.58. The molecule has 4 rings (SSSR count). The highest BCUT2D eigenvalue weighted by Gasteiger charge is 2.57. The molecular weight excluding hydrogens is 436 g/mol. The van der Waals surface area contributed by atoms with Crippen LogP contribution < -0.4 is 0 Å². The number of allylic oxidation sites excluding steroid dienone is 3. The lowest BCUT2D eigenvalue weighted by Crippen LogP contribution is -2.46. The molecule has 0 spiro atoms. The summed E-state index contributed by atoms with van der Waals surface area (Å²) in [6, 6.07) is 0. The molecule has 3 unspecified atom stereocenters. The number of fused-ring (bicyclic) bond motifs is 5. The van der Waals surface area contributed by atoms with Crippen molar-refractivity contribution in [1.82, 2.24) is 0 Å². The van der Waals surface area contributed by atoms with Crippen LogP contribution in [-0.2, 0) is 14.3 Å². The quantitative estimate of drug-likeness (QED) is 0.340. The van der Waals surface area contributed by atoms with Crippen molar-refractivity contribution in [1.29, 1.82) is 0 Å². The lowest BCUT2D eigenvalue weighted by atomic mass is 9.50. The van der Waals surface area contributed by atoms with Crippen LogP contribution in [0.4, 0.5) is 0 Å². The predicted octanol–water partition coefficient (Wildman–Crippen LogP) is 7.72. The summed E-state index contributed by atoms with van der Waals surface area (Å²) in [5, 5.41) is 8.83. The average Bonchev–Trinajstić information content (AvgIpc) is 3.15. The molecule has 4 nitrogen and oxygen atoms in total. The Morgan fingerprint density at radius 1 is 1.00 bits per heavy atom. The molecular formula is C31H48O4. The number of carboxylic acids is 1. The fourth-order valence-corrected chi connectivity index (χ4v) is 8.55. The lowest BCUT2D eigenvalue weighted by Gasteiger charge is -2.55. The second-order valence-corrected chi connectivity index (χ2v) is 13.2. The maximum atomic E-state index is 12.1. The average molecular weight is 485 g/mol. The number of ether oxygens (including phenoxy) is 1. The van der Waals surface area contributed by atoms with Gasteiger partial charge in [-0.25, -0.2) is 0 Å². The van der Waals surface area contributed by atoms with E-state index in [9.17, 15) is 9.59 Å². The smallest absolute Gasteiger partial charge is 0.306 e. The summed E-state index contributed by atoms with van der Waals surface area (Å²) in [7, 11) is 0. The number of aliphatic carboxylic acids is 1. The fraction of sp³-hybridized carbons (Fsp3) is 0.806. The normalized spacial score (nSPS) is 37.0. The second-order valence-electron chi connectivity index (χ2n) is 13.2. The zero-order valence-electron chi connectivity index (χ0n) is 22.8. The van der Waals surface area contributed by atoms with Gasteiger partial charge in [0.25, 0.3) is 0 Å². The van der Waals surface area contributed by atoms with Crippen molar-refractivity contribution >= 4 is 11.9 Å². The highest BCUT2D eigenvalue weighted by molar-refractivity contribution is 5.76. The van der Waals surface area contributed by atoms with Crippen LogP contribution in [0.3, 0.4) is 0 Å². The molecule has 0 heterocycles.